The summed E-state index contributed by atoms with van der Waals surface area (Å²) in [6.45, 7) is 14.7. The molecule has 0 spiro atoms. The molecule has 0 aromatic carbocycles. The van der Waals surface area contributed by atoms with Gasteiger partial charge < -0.3 is 40.2 Å². The van der Waals surface area contributed by atoms with Gasteiger partial charge in [0, 0.05) is 53.2 Å². The Morgan fingerprint density at radius 2 is 1.71 bits per heavy atom. The second kappa shape index (κ2) is 19.8. The second-order valence-electron chi connectivity index (χ2n) is 13.9. The normalized spacial score (nSPS) is 19.4. The van der Waals surface area contributed by atoms with Gasteiger partial charge in [-0.1, -0.05) is 54.9 Å². The predicted octanol–water partition coefficient (Wildman–Crippen LogP) is 2.37. The molecule has 1 aliphatic rings. The average molecular weight is 678 g/mol. The van der Waals surface area contributed by atoms with E-state index in [9.17, 15) is 19.2 Å². The number of likely N-dealkylation sites (N-methyl/N-ethyl adjacent to an activating group) is 2. The van der Waals surface area contributed by atoms with Gasteiger partial charge in [0.15, 0.2) is 0 Å². The van der Waals surface area contributed by atoms with Gasteiger partial charge in [0.25, 0.3) is 0 Å². The molecule has 48 heavy (non-hydrogen) atoms. The van der Waals surface area contributed by atoms with Crippen molar-refractivity contribution < 1.29 is 28.7 Å². The van der Waals surface area contributed by atoms with Crippen LogP contribution in [-0.4, -0.2) is 121 Å². The molecule has 0 saturated carbocycles. The number of aromatic amines is 1. The van der Waals surface area contributed by atoms with Crippen molar-refractivity contribution in [3.63, 3.8) is 0 Å². The number of hydrogen-bond acceptors (Lipinski definition) is 8. The van der Waals surface area contributed by atoms with Crippen molar-refractivity contribution in [3.8, 4) is 0 Å². The van der Waals surface area contributed by atoms with Gasteiger partial charge in [-0.05, 0) is 37.6 Å². The van der Waals surface area contributed by atoms with Crippen LogP contribution in [-0.2, 0) is 35.1 Å². The number of rotatable bonds is 20. The fourth-order valence-electron chi connectivity index (χ4n) is 6.95. The number of carbonyl (C=O) groups is 4. The van der Waals surface area contributed by atoms with Crippen LogP contribution in [0.2, 0.25) is 0 Å². The van der Waals surface area contributed by atoms with Crippen LogP contribution in [0.4, 0.5) is 0 Å². The molecule has 2 heterocycles. The lowest BCUT2D eigenvalue weighted by atomic mass is 9.89. The van der Waals surface area contributed by atoms with E-state index in [2.05, 4.69) is 32.8 Å². The first kappa shape index (κ1) is 41.1. The van der Waals surface area contributed by atoms with Crippen LogP contribution in [0.1, 0.15) is 80.0 Å². The first-order valence-corrected chi connectivity index (χ1v) is 17.6. The molecule has 0 unspecified atom stereocenters. The third-order valence-corrected chi connectivity index (χ3v) is 9.97. The summed E-state index contributed by atoms with van der Waals surface area (Å²) < 4.78 is 11.9. The molecular weight excluding hydrogens is 614 g/mol. The maximum atomic E-state index is 14.1. The van der Waals surface area contributed by atoms with Crippen molar-refractivity contribution in [1.29, 1.82) is 0 Å². The van der Waals surface area contributed by atoms with E-state index in [1.807, 2.05) is 46.4 Å². The molecule has 1 aromatic heterocycles. The molecule has 8 atom stereocenters. The molecule has 13 heteroatoms. The van der Waals surface area contributed by atoms with E-state index < -0.39 is 36.3 Å². The number of hydrogen-bond donors (Lipinski definition) is 4. The highest BCUT2D eigenvalue weighted by molar-refractivity contribution is 5.90. The number of amides is 4. The zero-order valence-corrected chi connectivity index (χ0v) is 31.2. The molecule has 0 aliphatic carbocycles. The molecule has 2 rings (SSSR count). The Kier molecular flexibility index (Phi) is 17.0. The number of nitrogens with one attached hydrogen (secondary N) is 4. The third kappa shape index (κ3) is 10.7. The zero-order valence-electron chi connectivity index (χ0n) is 31.2. The number of methoxy groups -OCH3 is 2. The Morgan fingerprint density at radius 1 is 1.04 bits per heavy atom. The van der Waals surface area contributed by atoms with E-state index in [1.165, 1.54) is 0 Å². The minimum Gasteiger partial charge on any atom is -0.379 e. The molecule has 4 amide bonds. The van der Waals surface area contributed by atoms with Gasteiger partial charge in [-0.25, -0.2) is 4.98 Å². The summed E-state index contributed by atoms with van der Waals surface area (Å²) in [5, 5.41) is 9.01. The molecule has 1 saturated heterocycles. The fraction of sp³-hybridized carbons (Fsp3) is 0.800. The summed E-state index contributed by atoms with van der Waals surface area (Å²) in [6.07, 6.45) is 5.28. The summed E-state index contributed by atoms with van der Waals surface area (Å²) in [7, 11) is 6.63. The monoisotopic (exact) mass is 677 g/mol. The van der Waals surface area contributed by atoms with Gasteiger partial charge in [0.1, 0.15) is 11.9 Å². The fourth-order valence-corrected chi connectivity index (χ4v) is 6.95. The van der Waals surface area contributed by atoms with Gasteiger partial charge in [-0.2, -0.15) is 0 Å². The predicted molar refractivity (Wildman–Crippen MR) is 186 cm³/mol. The number of ether oxygens (including phenoxy) is 2. The number of imidazole rings is 1. The number of likely N-dealkylation sites (tertiary alicyclic amines) is 1. The lowest BCUT2D eigenvalue weighted by molar-refractivity contribution is -0.147. The van der Waals surface area contributed by atoms with Crippen LogP contribution in [0, 0.1) is 23.7 Å². The SMILES string of the molecule is CC[C@H](C)[C@@H]([C@@H](CC(=O)N1CCC[C@H]1[C@H](OC)[C@@H](C)C(=O)NCCc1ncc[nH]1)OC)N(C)C(=O)[C@@H](NC(=O)[C@@H](NC)C(C)C)C(C)C. The average Bonchev–Trinajstić information content (AvgIpc) is 3.76. The summed E-state index contributed by atoms with van der Waals surface area (Å²) in [6, 6.07) is -1.86. The Balaban J connectivity index is 2.20. The van der Waals surface area contributed by atoms with E-state index >= 15 is 0 Å². The summed E-state index contributed by atoms with van der Waals surface area (Å²) >= 11 is 0. The topological polar surface area (TPSA) is 158 Å². The summed E-state index contributed by atoms with van der Waals surface area (Å²) in [4.78, 5) is 65.1. The summed E-state index contributed by atoms with van der Waals surface area (Å²) in [5.74, 6) is -0.476. The zero-order chi connectivity index (χ0) is 36.1. The van der Waals surface area contributed by atoms with E-state index in [4.69, 9.17) is 9.47 Å². The van der Waals surface area contributed by atoms with Gasteiger partial charge >= 0.3 is 0 Å². The van der Waals surface area contributed by atoms with Crippen molar-refractivity contribution in [1.82, 2.24) is 35.7 Å². The summed E-state index contributed by atoms with van der Waals surface area (Å²) in [5.41, 5.74) is 0. The van der Waals surface area contributed by atoms with E-state index in [1.54, 1.807) is 45.6 Å². The molecule has 4 N–H and O–H groups in total. The van der Waals surface area contributed by atoms with Gasteiger partial charge in [0.2, 0.25) is 23.6 Å². The first-order valence-electron chi connectivity index (χ1n) is 17.6. The van der Waals surface area contributed by atoms with Crippen molar-refractivity contribution in [2.75, 3.05) is 41.4 Å². The largest absolute Gasteiger partial charge is 0.379 e. The highest BCUT2D eigenvalue weighted by atomic mass is 16.5. The van der Waals surface area contributed by atoms with Gasteiger partial charge in [-0.3, -0.25) is 19.2 Å². The van der Waals surface area contributed by atoms with Crippen molar-refractivity contribution in [3.05, 3.63) is 18.2 Å². The van der Waals surface area contributed by atoms with E-state index in [0.717, 1.165) is 25.1 Å². The Bertz CT molecular complexity index is 1150. The van der Waals surface area contributed by atoms with Crippen molar-refractivity contribution >= 4 is 23.6 Å². The van der Waals surface area contributed by atoms with Gasteiger partial charge in [-0.15, -0.1) is 0 Å². The Morgan fingerprint density at radius 3 is 2.23 bits per heavy atom. The molecular formula is C35H63N7O6. The molecule has 1 fully saturated rings. The number of H-pyrrole nitrogens is 1. The second-order valence-corrected chi connectivity index (χ2v) is 13.9. The number of nitrogens with zero attached hydrogens (tertiary/aromatic N) is 3. The molecule has 274 valence electrons. The van der Waals surface area contributed by atoms with Gasteiger partial charge in [0.05, 0.1) is 42.7 Å². The molecule has 1 aromatic rings. The lowest BCUT2D eigenvalue weighted by Crippen LogP contribution is -2.59. The van der Waals surface area contributed by atoms with E-state index in [0.29, 0.717) is 19.5 Å². The van der Waals surface area contributed by atoms with Crippen molar-refractivity contribution in [2.24, 2.45) is 23.7 Å². The van der Waals surface area contributed by atoms with Crippen LogP contribution >= 0.6 is 0 Å². The van der Waals surface area contributed by atoms with Crippen molar-refractivity contribution in [2.45, 2.75) is 117 Å². The minimum atomic E-state index is -0.742. The minimum absolute atomic E-state index is 0.00642. The molecule has 0 bridgehead atoms. The first-order chi connectivity index (χ1) is 22.7. The van der Waals surface area contributed by atoms with Crippen LogP contribution < -0.4 is 16.0 Å². The molecule has 13 nitrogen and oxygen atoms in total. The Labute approximate surface area is 288 Å². The molecule has 0 radical (unpaired) electrons. The standard InChI is InChI=1S/C35H63N7O6/c1-12-23(6)31(41(9)35(46)30(22(4)5)40-34(45)29(36-8)21(2)3)26(47-10)20-28(43)42-19-13-14-25(42)32(48-11)24(7)33(44)39-16-15-27-37-17-18-38-27/h17-18,21-26,29-32,36H,12-16,19-20H2,1-11H3,(H,37,38)(H,39,44)(H,40,45)/t23-,24+,25-,26+,29-,30-,31-,32+/m0/s1. The molecule has 1 aliphatic heterocycles. The van der Waals surface area contributed by atoms with Crippen LogP contribution in [0.25, 0.3) is 0 Å². The van der Waals surface area contributed by atoms with E-state index in [-0.39, 0.29) is 53.8 Å². The highest BCUT2D eigenvalue weighted by Gasteiger charge is 2.43. The third-order valence-electron chi connectivity index (χ3n) is 9.97. The number of aromatic nitrogens is 2. The highest BCUT2D eigenvalue weighted by Crippen LogP contribution is 2.29. The smallest absolute Gasteiger partial charge is 0.245 e. The maximum absolute atomic E-state index is 14.1. The number of carbonyl (C=O) groups excluding carboxylic acids is 4. The van der Waals surface area contributed by atoms with Crippen LogP contribution in [0.15, 0.2) is 12.4 Å². The van der Waals surface area contributed by atoms with Crippen LogP contribution in [0.5, 0.6) is 0 Å². The maximum Gasteiger partial charge on any atom is 0.245 e. The van der Waals surface area contributed by atoms with Crippen LogP contribution in [0.3, 0.4) is 0 Å². The quantitative estimate of drug-likeness (QED) is 0.164. The Hall–Kier alpha value is -3.03. The lowest BCUT2D eigenvalue weighted by Gasteiger charge is -2.41.